The van der Waals surface area contributed by atoms with Crippen LogP contribution in [0.3, 0.4) is 0 Å². The van der Waals surface area contributed by atoms with Gasteiger partial charge in [-0.15, -0.1) is 0 Å². The van der Waals surface area contributed by atoms with Gasteiger partial charge in [0, 0.05) is 13.1 Å². The van der Waals surface area contributed by atoms with E-state index in [1.54, 1.807) is 6.07 Å². The van der Waals surface area contributed by atoms with Crippen LogP contribution in [-0.2, 0) is 0 Å². The summed E-state index contributed by atoms with van der Waals surface area (Å²) in [6.07, 6.45) is 5.23. The maximum atomic E-state index is 12.6. The third kappa shape index (κ3) is 3.45. The average Bonchev–Trinajstić information content (AvgIpc) is 2.33. The molecule has 1 aliphatic rings. The van der Waals surface area contributed by atoms with Gasteiger partial charge in [0.1, 0.15) is 11.6 Å². The lowest BCUT2D eigenvalue weighted by molar-refractivity contribution is 0.237. The van der Waals surface area contributed by atoms with E-state index in [9.17, 15) is 4.39 Å². The normalized spacial score (nSPS) is 17.3. The number of pyridine rings is 1. The average molecular weight is 223 g/mol. The Kier molecular flexibility index (Phi) is 4.10. The number of anilines is 1. The maximum absolute atomic E-state index is 12.6. The second kappa shape index (κ2) is 5.80. The number of aromatic nitrogens is 1. The summed E-state index contributed by atoms with van der Waals surface area (Å²) in [7, 11) is 0. The number of hydrogen-bond acceptors (Lipinski definition) is 3. The van der Waals surface area contributed by atoms with Crippen LogP contribution in [-0.4, -0.2) is 36.1 Å². The van der Waals surface area contributed by atoms with Gasteiger partial charge in [0.05, 0.1) is 6.20 Å². The molecule has 0 spiro atoms. The lowest BCUT2D eigenvalue weighted by Crippen LogP contribution is -2.33. The first-order chi connectivity index (χ1) is 7.84. The van der Waals surface area contributed by atoms with Gasteiger partial charge >= 0.3 is 0 Å². The van der Waals surface area contributed by atoms with E-state index in [1.165, 1.54) is 44.6 Å². The van der Waals surface area contributed by atoms with Crippen LogP contribution in [0.25, 0.3) is 0 Å². The molecule has 1 fully saturated rings. The summed E-state index contributed by atoms with van der Waals surface area (Å²) in [4.78, 5) is 6.41. The molecule has 0 unspecified atom stereocenters. The second-order valence-electron chi connectivity index (χ2n) is 4.19. The van der Waals surface area contributed by atoms with E-state index >= 15 is 0 Å². The van der Waals surface area contributed by atoms with Crippen LogP contribution >= 0.6 is 0 Å². The third-order valence-electron chi connectivity index (χ3n) is 2.91. The zero-order valence-corrected chi connectivity index (χ0v) is 9.45. The quantitative estimate of drug-likeness (QED) is 0.847. The van der Waals surface area contributed by atoms with Crippen molar-refractivity contribution in [3.05, 3.63) is 24.1 Å². The van der Waals surface area contributed by atoms with Crippen LogP contribution in [0.5, 0.6) is 0 Å². The Balaban J connectivity index is 1.69. The minimum absolute atomic E-state index is 0.290. The Hall–Kier alpha value is -1.16. The Labute approximate surface area is 95.7 Å². The van der Waals surface area contributed by atoms with E-state index in [1.807, 2.05) is 0 Å². The number of piperidine rings is 1. The molecule has 4 heteroatoms. The highest BCUT2D eigenvalue weighted by atomic mass is 19.1. The fraction of sp³-hybridized carbons (Fsp3) is 0.583. The van der Waals surface area contributed by atoms with Crippen LogP contribution in [0.1, 0.15) is 19.3 Å². The Bertz CT molecular complexity index is 307. The smallest absolute Gasteiger partial charge is 0.141 e. The van der Waals surface area contributed by atoms with E-state index in [2.05, 4.69) is 15.2 Å². The van der Waals surface area contributed by atoms with Crippen LogP contribution in [0.4, 0.5) is 10.2 Å². The molecule has 0 saturated carbocycles. The number of hydrogen-bond donors (Lipinski definition) is 1. The highest BCUT2D eigenvalue weighted by Crippen LogP contribution is 2.08. The molecule has 2 rings (SSSR count). The SMILES string of the molecule is Fc1ccc(NCCN2CCCCC2)nc1. The van der Waals surface area contributed by atoms with Gasteiger partial charge in [-0.25, -0.2) is 9.37 Å². The Morgan fingerprint density at radius 1 is 1.25 bits per heavy atom. The zero-order valence-electron chi connectivity index (χ0n) is 9.45. The van der Waals surface area contributed by atoms with Crippen LogP contribution in [0.2, 0.25) is 0 Å². The van der Waals surface area contributed by atoms with Gasteiger partial charge in [-0.2, -0.15) is 0 Å². The maximum Gasteiger partial charge on any atom is 0.141 e. The molecule has 1 aromatic heterocycles. The monoisotopic (exact) mass is 223 g/mol. The van der Waals surface area contributed by atoms with Gasteiger partial charge in [0.2, 0.25) is 0 Å². The van der Waals surface area contributed by atoms with Crippen molar-refractivity contribution in [2.45, 2.75) is 19.3 Å². The predicted molar refractivity (Wildman–Crippen MR) is 63.0 cm³/mol. The van der Waals surface area contributed by atoms with Crippen molar-refractivity contribution in [1.29, 1.82) is 0 Å². The third-order valence-corrected chi connectivity index (χ3v) is 2.91. The van der Waals surface area contributed by atoms with Gasteiger partial charge in [-0.05, 0) is 38.1 Å². The van der Waals surface area contributed by atoms with E-state index in [0.717, 1.165) is 18.9 Å². The number of rotatable bonds is 4. The summed E-state index contributed by atoms with van der Waals surface area (Å²) in [6.45, 7) is 4.33. The molecule has 0 amide bonds. The molecular formula is C12H18FN3. The van der Waals surface area contributed by atoms with E-state index in [0.29, 0.717) is 0 Å². The van der Waals surface area contributed by atoms with Gasteiger partial charge in [-0.1, -0.05) is 6.42 Å². The summed E-state index contributed by atoms with van der Waals surface area (Å²) in [5, 5.41) is 3.20. The summed E-state index contributed by atoms with van der Waals surface area (Å²) in [5.41, 5.74) is 0. The Morgan fingerprint density at radius 3 is 2.75 bits per heavy atom. The molecule has 0 radical (unpaired) electrons. The molecule has 1 aromatic rings. The topological polar surface area (TPSA) is 28.2 Å². The minimum Gasteiger partial charge on any atom is -0.369 e. The lowest BCUT2D eigenvalue weighted by Gasteiger charge is -2.26. The molecule has 0 aliphatic carbocycles. The zero-order chi connectivity index (χ0) is 11.2. The number of nitrogens with one attached hydrogen (secondary N) is 1. The summed E-state index contributed by atoms with van der Waals surface area (Å²) < 4.78 is 12.6. The van der Waals surface area contributed by atoms with Gasteiger partial charge in [-0.3, -0.25) is 0 Å². The van der Waals surface area contributed by atoms with Crippen molar-refractivity contribution in [2.75, 3.05) is 31.5 Å². The molecule has 0 aromatic carbocycles. The summed E-state index contributed by atoms with van der Waals surface area (Å²) in [6, 6.07) is 3.10. The molecule has 3 nitrogen and oxygen atoms in total. The fourth-order valence-corrected chi connectivity index (χ4v) is 2.01. The van der Waals surface area contributed by atoms with Crippen molar-refractivity contribution < 1.29 is 4.39 Å². The molecule has 2 heterocycles. The van der Waals surface area contributed by atoms with Crippen LogP contribution < -0.4 is 5.32 Å². The van der Waals surface area contributed by atoms with E-state index in [4.69, 9.17) is 0 Å². The number of nitrogens with zero attached hydrogens (tertiary/aromatic N) is 2. The lowest BCUT2D eigenvalue weighted by atomic mass is 10.1. The second-order valence-corrected chi connectivity index (χ2v) is 4.19. The molecule has 1 aliphatic heterocycles. The first kappa shape index (κ1) is 11.3. The molecular weight excluding hydrogens is 205 g/mol. The highest BCUT2D eigenvalue weighted by Gasteiger charge is 2.08. The van der Waals surface area contributed by atoms with Crippen molar-refractivity contribution in [2.24, 2.45) is 0 Å². The summed E-state index contributed by atoms with van der Waals surface area (Å²) in [5.74, 6) is 0.458. The largest absolute Gasteiger partial charge is 0.369 e. The first-order valence-electron chi connectivity index (χ1n) is 5.92. The van der Waals surface area contributed by atoms with Crippen LogP contribution in [0, 0.1) is 5.82 Å². The highest BCUT2D eigenvalue weighted by molar-refractivity contribution is 5.33. The van der Waals surface area contributed by atoms with E-state index < -0.39 is 0 Å². The predicted octanol–water partition coefficient (Wildman–Crippen LogP) is 2.12. The number of halogens is 1. The van der Waals surface area contributed by atoms with Gasteiger partial charge in [0.25, 0.3) is 0 Å². The standard InChI is InChI=1S/C12H18FN3/c13-11-4-5-12(15-10-11)14-6-9-16-7-2-1-3-8-16/h4-5,10H,1-3,6-9H2,(H,14,15). The first-order valence-corrected chi connectivity index (χ1v) is 5.92. The summed E-state index contributed by atoms with van der Waals surface area (Å²) >= 11 is 0. The van der Waals surface area contributed by atoms with Gasteiger partial charge in [0.15, 0.2) is 0 Å². The Morgan fingerprint density at radius 2 is 2.06 bits per heavy atom. The molecule has 88 valence electrons. The van der Waals surface area contributed by atoms with E-state index in [-0.39, 0.29) is 5.82 Å². The van der Waals surface area contributed by atoms with Gasteiger partial charge < -0.3 is 10.2 Å². The fourth-order valence-electron chi connectivity index (χ4n) is 2.01. The molecule has 0 atom stereocenters. The molecule has 0 bridgehead atoms. The van der Waals surface area contributed by atoms with Crippen molar-refractivity contribution >= 4 is 5.82 Å². The minimum atomic E-state index is -0.290. The van der Waals surface area contributed by atoms with Crippen LogP contribution in [0.15, 0.2) is 18.3 Å². The van der Waals surface area contributed by atoms with Crippen molar-refractivity contribution in [3.63, 3.8) is 0 Å². The number of likely N-dealkylation sites (tertiary alicyclic amines) is 1. The van der Waals surface area contributed by atoms with Crippen molar-refractivity contribution in [1.82, 2.24) is 9.88 Å². The molecule has 1 N–H and O–H groups in total. The van der Waals surface area contributed by atoms with Crippen molar-refractivity contribution in [3.8, 4) is 0 Å². The molecule has 1 saturated heterocycles. The molecule has 16 heavy (non-hydrogen) atoms.